The number of benzene rings is 1. The Morgan fingerprint density at radius 3 is 2.43 bits per heavy atom. The summed E-state index contributed by atoms with van der Waals surface area (Å²) in [5.41, 5.74) is 1.13. The Morgan fingerprint density at radius 2 is 1.79 bits per heavy atom. The lowest BCUT2D eigenvalue weighted by Gasteiger charge is -2.37. The van der Waals surface area contributed by atoms with Crippen molar-refractivity contribution in [2.45, 2.75) is 13.0 Å². The SMILES string of the molecule is CC(OC(=O)CNC(=O)c1ccco1)C(=O)N1CCN(c2ccccc2)CC1. The Morgan fingerprint density at radius 1 is 1.07 bits per heavy atom. The quantitative estimate of drug-likeness (QED) is 0.754. The van der Waals surface area contributed by atoms with Crippen molar-refractivity contribution in [2.24, 2.45) is 0 Å². The minimum atomic E-state index is -0.906. The molecule has 1 aromatic carbocycles. The van der Waals surface area contributed by atoms with Crippen molar-refractivity contribution in [3.05, 3.63) is 54.5 Å². The Kier molecular flexibility index (Phi) is 6.31. The van der Waals surface area contributed by atoms with Crippen LogP contribution in [-0.4, -0.2) is 61.5 Å². The Hall–Kier alpha value is -3.29. The number of para-hydroxylation sites is 1. The van der Waals surface area contributed by atoms with E-state index in [-0.39, 0.29) is 18.2 Å². The van der Waals surface area contributed by atoms with Crippen molar-refractivity contribution < 1.29 is 23.5 Å². The van der Waals surface area contributed by atoms with Gasteiger partial charge in [0, 0.05) is 31.9 Å². The van der Waals surface area contributed by atoms with E-state index >= 15 is 0 Å². The van der Waals surface area contributed by atoms with Crippen LogP contribution in [0.2, 0.25) is 0 Å². The number of carbonyl (C=O) groups excluding carboxylic acids is 3. The molecule has 1 N–H and O–H groups in total. The number of hydrogen-bond acceptors (Lipinski definition) is 6. The van der Waals surface area contributed by atoms with Gasteiger partial charge in [-0.2, -0.15) is 0 Å². The molecule has 0 radical (unpaired) electrons. The molecule has 1 fully saturated rings. The first-order chi connectivity index (χ1) is 13.5. The molecule has 2 heterocycles. The van der Waals surface area contributed by atoms with E-state index in [2.05, 4.69) is 10.2 Å². The number of furan rings is 1. The molecule has 1 saturated heterocycles. The summed E-state index contributed by atoms with van der Waals surface area (Å²) in [5.74, 6) is -1.33. The van der Waals surface area contributed by atoms with E-state index < -0.39 is 18.0 Å². The molecule has 1 aliphatic rings. The summed E-state index contributed by atoms with van der Waals surface area (Å²) in [6.45, 7) is 3.76. The summed E-state index contributed by atoms with van der Waals surface area (Å²) in [6, 6.07) is 13.1. The summed E-state index contributed by atoms with van der Waals surface area (Å²) in [6.07, 6.45) is 0.460. The molecule has 0 saturated carbocycles. The van der Waals surface area contributed by atoms with E-state index in [9.17, 15) is 14.4 Å². The average Bonchev–Trinajstić information content (AvgIpc) is 3.27. The smallest absolute Gasteiger partial charge is 0.326 e. The summed E-state index contributed by atoms with van der Waals surface area (Å²) in [7, 11) is 0. The molecular formula is C20H23N3O5. The van der Waals surface area contributed by atoms with E-state index in [1.165, 1.54) is 19.3 Å². The Labute approximate surface area is 163 Å². The van der Waals surface area contributed by atoms with Gasteiger partial charge < -0.3 is 24.3 Å². The fourth-order valence-electron chi connectivity index (χ4n) is 3.02. The second kappa shape index (κ2) is 9.07. The number of nitrogens with zero attached hydrogens (tertiary/aromatic N) is 2. The minimum Gasteiger partial charge on any atom is -0.459 e. The first-order valence-corrected chi connectivity index (χ1v) is 9.14. The van der Waals surface area contributed by atoms with Crippen molar-refractivity contribution in [1.29, 1.82) is 0 Å². The van der Waals surface area contributed by atoms with Crippen LogP contribution in [-0.2, 0) is 14.3 Å². The van der Waals surface area contributed by atoms with Crippen LogP contribution in [0.4, 0.5) is 5.69 Å². The maximum absolute atomic E-state index is 12.5. The summed E-state index contributed by atoms with van der Waals surface area (Å²) in [4.78, 5) is 40.1. The van der Waals surface area contributed by atoms with Crippen molar-refractivity contribution in [3.8, 4) is 0 Å². The minimum absolute atomic E-state index is 0.105. The molecule has 3 rings (SSSR count). The van der Waals surface area contributed by atoms with E-state index in [0.717, 1.165) is 18.8 Å². The third-order valence-corrected chi connectivity index (χ3v) is 4.51. The third kappa shape index (κ3) is 4.91. The molecule has 2 aromatic rings. The lowest BCUT2D eigenvalue weighted by molar-refractivity contribution is -0.158. The summed E-state index contributed by atoms with van der Waals surface area (Å²) in [5, 5.41) is 2.39. The van der Waals surface area contributed by atoms with Gasteiger partial charge in [0.15, 0.2) is 11.9 Å². The lowest BCUT2D eigenvalue weighted by atomic mass is 10.2. The number of anilines is 1. The number of ether oxygens (including phenoxy) is 1. The predicted octanol–water partition coefficient (Wildman–Crippen LogP) is 1.29. The number of nitrogens with one attached hydrogen (secondary N) is 1. The lowest BCUT2D eigenvalue weighted by Crippen LogP contribution is -2.52. The molecule has 28 heavy (non-hydrogen) atoms. The van der Waals surface area contributed by atoms with E-state index in [1.54, 1.807) is 11.0 Å². The van der Waals surface area contributed by atoms with Gasteiger partial charge in [0.05, 0.1) is 6.26 Å². The van der Waals surface area contributed by atoms with Crippen LogP contribution in [0, 0.1) is 0 Å². The zero-order valence-electron chi connectivity index (χ0n) is 15.7. The van der Waals surface area contributed by atoms with Crippen LogP contribution in [0.3, 0.4) is 0 Å². The molecule has 1 unspecified atom stereocenters. The number of amides is 2. The van der Waals surface area contributed by atoms with Gasteiger partial charge in [0.25, 0.3) is 11.8 Å². The predicted molar refractivity (Wildman–Crippen MR) is 102 cm³/mol. The van der Waals surface area contributed by atoms with Crippen molar-refractivity contribution in [2.75, 3.05) is 37.6 Å². The zero-order valence-corrected chi connectivity index (χ0v) is 15.7. The molecule has 8 nitrogen and oxygen atoms in total. The molecule has 1 atom stereocenters. The topological polar surface area (TPSA) is 92.1 Å². The molecule has 0 bridgehead atoms. The molecule has 2 amide bonds. The summed E-state index contributed by atoms with van der Waals surface area (Å²) >= 11 is 0. The molecule has 1 aromatic heterocycles. The monoisotopic (exact) mass is 385 g/mol. The van der Waals surface area contributed by atoms with E-state index in [0.29, 0.717) is 13.1 Å². The van der Waals surface area contributed by atoms with Gasteiger partial charge >= 0.3 is 5.97 Å². The second-order valence-corrected chi connectivity index (χ2v) is 6.44. The van der Waals surface area contributed by atoms with Crippen LogP contribution in [0.1, 0.15) is 17.5 Å². The molecule has 148 valence electrons. The van der Waals surface area contributed by atoms with Gasteiger partial charge in [-0.15, -0.1) is 0 Å². The highest BCUT2D eigenvalue weighted by atomic mass is 16.5. The van der Waals surface area contributed by atoms with Gasteiger partial charge in [-0.05, 0) is 31.2 Å². The van der Waals surface area contributed by atoms with Gasteiger partial charge in [0.2, 0.25) is 0 Å². The largest absolute Gasteiger partial charge is 0.459 e. The fraction of sp³-hybridized carbons (Fsp3) is 0.350. The van der Waals surface area contributed by atoms with Gasteiger partial charge in [-0.25, -0.2) is 0 Å². The molecule has 1 aliphatic heterocycles. The second-order valence-electron chi connectivity index (χ2n) is 6.44. The molecule has 8 heteroatoms. The van der Waals surface area contributed by atoms with Crippen LogP contribution in [0.15, 0.2) is 53.1 Å². The maximum Gasteiger partial charge on any atom is 0.326 e. The Bertz CT molecular complexity index is 799. The van der Waals surface area contributed by atoms with Gasteiger partial charge in [0.1, 0.15) is 6.54 Å². The average molecular weight is 385 g/mol. The van der Waals surface area contributed by atoms with E-state index in [4.69, 9.17) is 9.15 Å². The standard InChI is InChI=1S/C20H23N3O5/c1-15(28-18(24)14-21-19(25)17-8-5-13-27-17)20(26)23-11-9-22(10-12-23)16-6-3-2-4-7-16/h2-8,13,15H,9-12,14H2,1H3,(H,21,25). The zero-order chi connectivity index (χ0) is 19.9. The summed E-state index contributed by atoms with van der Waals surface area (Å²) < 4.78 is 10.1. The van der Waals surface area contributed by atoms with Gasteiger partial charge in [-0.3, -0.25) is 14.4 Å². The number of esters is 1. The van der Waals surface area contributed by atoms with Crippen LogP contribution in [0.25, 0.3) is 0 Å². The highest BCUT2D eigenvalue weighted by molar-refractivity contribution is 5.93. The number of piperazine rings is 1. The fourth-order valence-corrected chi connectivity index (χ4v) is 3.02. The Balaban J connectivity index is 1.42. The van der Waals surface area contributed by atoms with Crippen LogP contribution < -0.4 is 10.2 Å². The molecular weight excluding hydrogens is 362 g/mol. The van der Waals surface area contributed by atoms with Gasteiger partial charge in [-0.1, -0.05) is 18.2 Å². The number of hydrogen-bond donors (Lipinski definition) is 1. The third-order valence-electron chi connectivity index (χ3n) is 4.51. The van der Waals surface area contributed by atoms with Crippen LogP contribution >= 0.6 is 0 Å². The van der Waals surface area contributed by atoms with E-state index in [1.807, 2.05) is 30.3 Å². The van der Waals surface area contributed by atoms with Crippen molar-refractivity contribution >= 4 is 23.5 Å². The number of carbonyl (C=O) groups is 3. The highest BCUT2D eigenvalue weighted by Crippen LogP contribution is 2.16. The first kappa shape index (κ1) is 19.5. The molecule has 0 spiro atoms. The normalized spacial score (nSPS) is 15.0. The first-order valence-electron chi connectivity index (χ1n) is 9.14. The van der Waals surface area contributed by atoms with Crippen molar-refractivity contribution in [1.82, 2.24) is 10.2 Å². The number of rotatable bonds is 6. The molecule has 0 aliphatic carbocycles. The maximum atomic E-state index is 12.5. The van der Waals surface area contributed by atoms with Crippen molar-refractivity contribution in [3.63, 3.8) is 0 Å². The van der Waals surface area contributed by atoms with Crippen LogP contribution in [0.5, 0.6) is 0 Å². The highest BCUT2D eigenvalue weighted by Gasteiger charge is 2.27.